The number of urea groups is 1. The number of nitrogens with zero attached hydrogens (tertiary/aromatic N) is 3. The average Bonchev–Trinajstić information content (AvgIpc) is 3.52. The molecule has 2 atom stereocenters. The van der Waals surface area contributed by atoms with Crippen LogP contribution in [0.15, 0.2) is 30.0 Å². The molecule has 3 amide bonds. The number of hydrogen-bond donors (Lipinski definition) is 3. The lowest BCUT2D eigenvalue weighted by molar-refractivity contribution is -0.121. The fourth-order valence-corrected chi connectivity index (χ4v) is 5.55. The average molecular weight is 505 g/mol. The summed E-state index contributed by atoms with van der Waals surface area (Å²) in [7, 11) is -0.762. The van der Waals surface area contributed by atoms with Gasteiger partial charge in [0.2, 0.25) is 5.91 Å². The van der Waals surface area contributed by atoms with E-state index in [2.05, 4.69) is 14.9 Å². The van der Waals surface area contributed by atoms with Crippen molar-refractivity contribution in [3.05, 3.63) is 35.5 Å². The summed E-state index contributed by atoms with van der Waals surface area (Å²) >= 11 is 0. The van der Waals surface area contributed by atoms with E-state index >= 15 is 0 Å². The standard InChI is InChI=1S/C24H36N6O4S/c1-24(2,3)26-23(32)29-11-12-30-18(14-29)20(22(25)31)19(21(30)15-9-10-15)16-7-6-8-17(13-16)27-35(33,34)28(4)5/h6-8,13,15,18,20,27H,9-12,14H2,1-5H3,(H2,25,31)(H,26,32). The highest BCUT2D eigenvalue weighted by atomic mass is 32.2. The van der Waals surface area contributed by atoms with E-state index in [0.717, 1.165) is 34.0 Å². The maximum absolute atomic E-state index is 12.9. The van der Waals surface area contributed by atoms with Crippen molar-refractivity contribution in [2.24, 2.45) is 17.6 Å². The molecular formula is C24H36N6O4S. The second-order valence-corrected chi connectivity index (χ2v) is 12.7. The van der Waals surface area contributed by atoms with Crippen LogP contribution in [0.2, 0.25) is 0 Å². The lowest BCUT2D eigenvalue weighted by Crippen LogP contribution is -2.59. The molecule has 0 aromatic heterocycles. The number of benzene rings is 1. The molecule has 1 saturated carbocycles. The first-order valence-corrected chi connectivity index (χ1v) is 13.4. The molecule has 2 unspecified atom stereocenters. The molecule has 4 N–H and O–H groups in total. The minimum Gasteiger partial charge on any atom is -0.369 e. The van der Waals surface area contributed by atoms with Crippen LogP contribution in [0.4, 0.5) is 10.5 Å². The first-order chi connectivity index (χ1) is 16.3. The van der Waals surface area contributed by atoms with Crippen molar-refractivity contribution in [3.8, 4) is 0 Å². The van der Waals surface area contributed by atoms with E-state index in [1.165, 1.54) is 14.1 Å². The third kappa shape index (κ3) is 5.25. The molecule has 10 nitrogen and oxygen atoms in total. The summed E-state index contributed by atoms with van der Waals surface area (Å²) in [6.45, 7) is 7.37. The van der Waals surface area contributed by atoms with Crippen LogP contribution in [-0.4, -0.2) is 79.8 Å². The monoisotopic (exact) mass is 504 g/mol. The van der Waals surface area contributed by atoms with Crippen molar-refractivity contribution < 1.29 is 18.0 Å². The number of nitrogens with two attached hydrogens (primary N) is 1. The van der Waals surface area contributed by atoms with Gasteiger partial charge in [0.25, 0.3) is 0 Å². The first kappa shape index (κ1) is 25.3. The number of piperazine rings is 1. The molecule has 1 aromatic carbocycles. The number of allylic oxidation sites excluding steroid dienone is 1. The lowest BCUT2D eigenvalue weighted by Gasteiger charge is -2.42. The van der Waals surface area contributed by atoms with Gasteiger partial charge >= 0.3 is 16.2 Å². The molecule has 2 fully saturated rings. The van der Waals surface area contributed by atoms with Crippen LogP contribution in [0.1, 0.15) is 39.2 Å². The Morgan fingerprint density at radius 1 is 1.14 bits per heavy atom. The SMILES string of the molecule is CN(C)S(=O)(=O)Nc1cccc(C2=C(C3CC3)N3CCN(C(=O)NC(C)(C)C)CC3C2C(N)=O)c1. The number of anilines is 1. The van der Waals surface area contributed by atoms with E-state index in [9.17, 15) is 18.0 Å². The molecule has 35 heavy (non-hydrogen) atoms. The summed E-state index contributed by atoms with van der Waals surface area (Å²) in [6.07, 6.45) is 2.07. The van der Waals surface area contributed by atoms with E-state index in [0.29, 0.717) is 31.2 Å². The summed E-state index contributed by atoms with van der Waals surface area (Å²) < 4.78 is 28.4. The molecular weight excluding hydrogens is 468 g/mol. The maximum Gasteiger partial charge on any atom is 0.317 e. The molecule has 4 rings (SSSR count). The van der Waals surface area contributed by atoms with Crippen LogP contribution in [0.5, 0.6) is 0 Å². The zero-order chi connectivity index (χ0) is 25.7. The third-order valence-electron chi connectivity index (χ3n) is 6.64. The number of amides is 3. The minimum atomic E-state index is -3.68. The van der Waals surface area contributed by atoms with Crippen molar-refractivity contribution in [1.29, 1.82) is 0 Å². The fraction of sp³-hybridized carbons (Fsp3) is 0.583. The fourth-order valence-electron chi connectivity index (χ4n) is 4.95. The molecule has 11 heteroatoms. The maximum atomic E-state index is 12.9. The van der Waals surface area contributed by atoms with Crippen LogP contribution in [-0.2, 0) is 15.0 Å². The number of carbonyl (C=O) groups excluding carboxylic acids is 2. The first-order valence-electron chi connectivity index (χ1n) is 12.0. The quantitative estimate of drug-likeness (QED) is 0.543. The van der Waals surface area contributed by atoms with Crippen LogP contribution in [0.3, 0.4) is 0 Å². The van der Waals surface area contributed by atoms with Crippen molar-refractivity contribution in [2.75, 3.05) is 38.5 Å². The lowest BCUT2D eigenvalue weighted by atomic mass is 9.87. The highest BCUT2D eigenvalue weighted by Crippen LogP contribution is 2.51. The Hall–Kier alpha value is -2.79. The smallest absolute Gasteiger partial charge is 0.317 e. The van der Waals surface area contributed by atoms with Gasteiger partial charge < -0.3 is 20.9 Å². The Bertz CT molecular complexity index is 1150. The molecule has 0 bridgehead atoms. The van der Waals surface area contributed by atoms with Gasteiger partial charge in [-0.1, -0.05) is 12.1 Å². The Morgan fingerprint density at radius 3 is 2.40 bits per heavy atom. The summed E-state index contributed by atoms with van der Waals surface area (Å²) in [5.41, 5.74) is 8.77. The molecule has 2 heterocycles. The normalized spacial score (nSPS) is 22.9. The number of hydrogen-bond acceptors (Lipinski definition) is 5. The predicted molar refractivity (Wildman–Crippen MR) is 135 cm³/mol. The van der Waals surface area contributed by atoms with Gasteiger partial charge in [-0.25, -0.2) is 4.79 Å². The summed E-state index contributed by atoms with van der Waals surface area (Å²) in [6, 6.07) is 6.71. The third-order valence-corrected chi connectivity index (χ3v) is 8.10. The van der Waals surface area contributed by atoms with Gasteiger partial charge in [0, 0.05) is 45.0 Å². The number of fused-ring (bicyclic) bond motifs is 1. The molecule has 1 saturated heterocycles. The van der Waals surface area contributed by atoms with E-state index in [4.69, 9.17) is 5.73 Å². The highest BCUT2D eigenvalue weighted by Gasteiger charge is 2.50. The van der Waals surface area contributed by atoms with Crippen molar-refractivity contribution in [2.45, 2.75) is 45.2 Å². The Balaban J connectivity index is 1.69. The largest absolute Gasteiger partial charge is 0.369 e. The van der Waals surface area contributed by atoms with Crippen molar-refractivity contribution >= 4 is 33.4 Å². The summed E-state index contributed by atoms with van der Waals surface area (Å²) in [4.78, 5) is 29.8. The van der Waals surface area contributed by atoms with Gasteiger partial charge in [-0.2, -0.15) is 12.7 Å². The van der Waals surface area contributed by atoms with E-state index < -0.39 is 22.0 Å². The van der Waals surface area contributed by atoms with Gasteiger partial charge in [-0.15, -0.1) is 0 Å². The van der Waals surface area contributed by atoms with E-state index in [-0.39, 0.29) is 17.6 Å². The number of nitrogens with one attached hydrogen (secondary N) is 2. The highest BCUT2D eigenvalue weighted by molar-refractivity contribution is 7.90. The summed E-state index contributed by atoms with van der Waals surface area (Å²) in [5.74, 6) is -0.700. The van der Waals surface area contributed by atoms with Crippen molar-refractivity contribution in [1.82, 2.24) is 19.4 Å². The Morgan fingerprint density at radius 2 is 1.83 bits per heavy atom. The molecule has 1 aliphatic carbocycles. The zero-order valence-electron chi connectivity index (χ0n) is 21.0. The second-order valence-electron chi connectivity index (χ2n) is 10.8. The van der Waals surface area contributed by atoms with Gasteiger partial charge in [0.05, 0.1) is 17.6 Å². The molecule has 3 aliphatic rings. The number of primary amides is 1. The minimum absolute atomic E-state index is 0.151. The van der Waals surface area contributed by atoms with E-state index in [1.807, 2.05) is 26.8 Å². The molecule has 2 aliphatic heterocycles. The van der Waals surface area contributed by atoms with Crippen LogP contribution < -0.4 is 15.8 Å². The second kappa shape index (κ2) is 9.02. The topological polar surface area (TPSA) is 128 Å². The van der Waals surface area contributed by atoms with Crippen LogP contribution in [0, 0.1) is 11.8 Å². The number of carbonyl (C=O) groups is 2. The molecule has 1 aromatic rings. The van der Waals surface area contributed by atoms with Gasteiger partial charge in [-0.3, -0.25) is 9.52 Å². The van der Waals surface area contributed by atoms with Gasteiger partial charge in [0.1, 0.15) is 0 Å². The van der Waals surface area contributed by atoms with Crippen LogP contribution >= 0.6 is 0 Å². The van der Waals surface area contributed by atoms with Crippen molar-refractivity contribution in [3.63, 3.8) is 0 Å². The molecule has 192 valence electrons. The van der Waals surface area contributed by atoms with E-state index in [1.54, 1.807) is 23.1 Å². The predicted octanol–water partition coefficient (Wildman–Crippen LogP) is 1.64. The number of rotatable bonds is 6. The van der Waals surface area contributed by atoms with Gasteiger partial charge in [-0.05, 0) is 62.8 Å². The molecule has 0 spiro atoms. The summed E-state index contributed by atoms with van der Waals surface area (Å²) in [5, 5.41) is 3.01. The van der Waals surface area contributed by atoms with Crippen LogP contribution in [0.25, 0.3) is 5.57 Å². The van der Waals surface area contributed by atoms with Gasteiger partial charge in [0.15, 0.2) is 0 Å². The zero-order valence-corrected chi connectivity index (χ0v) is 21.9. The molecule has 0 radical (unpaired) electrons. The Kier molecular flexibility index (Phi) is 6.52. The Labute approximate surface area is 207 Å².